The molecule has 0 aliphatic rings. The normalized spacial score (nSPS) is 11.3. The number of rotatable bonds is 3. The van der Waals surface area contributed by atoms with Crippen LogP contribution in [0.3, 0.4) is 0 Å². The second kappa shape index (κ2) is 5.82. The van der Waals surface area contributed by atoms with Gasteiger partial charge in [0.2, 0.25) is 5.91 Å². The van der Waals surface area contributed by atoms with E-state index in [1.807, 2.05) is 0 Å². The lowest BCUT2D eigenvalue weighted by Gasteiger charge is -2.24. The smallest absolute Gasteiger partial charge is 0.234 e. The molecule has 0 saturated heterocycles. The van der Waals surface area contributed by atoms with Crippen molar-refractivity contribution in [3.63, 3.8) is 0 Å². The molecule has 1 N–H and O–H groups in total. The van der Waals surface area contributed by atoms with Crippen LogP contribution in [0.15, 0.2) is 42.5 Å². The highest BCUT2D eigenvalue weighted by molar-refractivity contribution is 6.30. The number of anilines is 1. The van der Waals surface area contributed by atoms with E-state index >= 15 is 0 Å². The Morgan fingerprint density at radius 2 is 1.71 bits per heavy atom. The molecule has 5 heteroatoms. The predicted molar refractivity (Wildman–Crippen MR) is 79.5 cm³/mol. The first-order chi connectivity index (χ1) is 9.80. The zero-order valence-electron chi connectivity index (χ0n) is 11.6. The fraction of sp³-hybridized carbons (Fsp3) is 0.188. The Morgan fingerprint density at radius 3 is 2.29 bits per heavy atom. The lowest BCUT2D eigenvalue weighted by atomic mass is 9.83. The first-order valence-corrected chi connectivity index (χ1v) is 6.71. The molecular weight excluding hydrogens is 296 g/mol. The molecule has 0 bridgehead atoms. The molecule has 0 radical (unpaired) electrons. The quantitative estimate of drug-likeness (QED) is 0.886. The second-order valence-electron chi connectivity index (χ2n) is 5.21. The first kappa shape index (κ1) is 15.4. The van der Waals surface area contributed by atoms with Crippen molar-refractivity contribution >= 4 is 23.2 Å². The largest absolute Gasteiger partial charge is 0.323 e. The van der Waals surface area contributed by atoms with Gasteiger partial charge in [-0.05, 0) is 43.7 Å². The van der Waals surface area contributed by atoms with Gasteiger partial charge in [0.15, 0.2) is 0 Å². The second-order valence-corrected chi connectivity index (χ2v) is 5.65. The molecular formula is C16H14ClF2NO. The molecule has 2 rings (SSSR count). The number of carbonyl (C=O) groups excluding carboxylic acids is 1. The van der Waals surface area contributed by atoms with Crippen molar-refractivity contribution < 1.29 is 13.6 Å². The van der Waals surface area contributed by atoms with Gasteiger partial charge in [0, 0.05) is 11.1 Å². The van der Waals surface area contributed by atoms with Gasteiger partial charge in [-0.2, -0.15) is 0 Å². The maximum atomic E-state index is 13.6. The van der Waals surface area contributed by atoms with Gasteiger partial charge in [-0.15, -0.1) is 0 Å². The third-order valence-corrected chi connectivity index (χ3v) is 3.56. The van der Waals surface area contributed by atoms with Crippen LogP contribution < -0.4 is 5.32 Å². The molecule has 0 aromatic heterocycles. The summed E-state index contributed by atoms with van der Waals surface area (Å²) in [5.74, 6) is -1.90. The molecule has 2 nitrogen and oxygen atoms in total. The molecule has 0 aliphatic heterocycles. The summed E-state index contributed by atoms with van der Waals surface area (Å²) in [5, 5.41) is 3.05. The van der Waals surface area contributed by atoms with Gasteiger partial charge in [0.25, 0.3) is 0 Å². The van der Waals surface area contributed by atoms with Crippen molar-refractivity contribution in [1.82, 2.24) is 0 Å². The Bertz CT molecular complexity index is 668. The topological polar surface area (TPSA) is 29.1 Å². The maximum absolute atomic E-state index is 13.6. The lowest BCUT2D eigenvalue weighted by molar-refractivity contribution is -0.120. The van der Waals surface area contributed by atoms with E-state index in [0.717, 1.165) is 17.7 Å². The lowest BCUT2D eigenvalue weighted by Crippen LogP contribution is -2.35. The Kier molecular flexibility index (Phi) is 4.28. The summed E-state index contributed by atoms with van der Waals surface area (Å²) in [4.78, 5) is 12.4. The van der Waals surface area contributed by atoms with Crippen LogP contribution in [0.1, 0.15) is 19.4 Å². The van der Waals surface area contributed by atoms with Gasteiger partial charge in [-0.1, -0.05) is 23.7 Å². The molecule has 0 unspecified atom stereocenters. The molecule has 0 fully saturated rings. The van der Waals surface area contributed by atoms with Gasteiger partial charge >= 0.3 is 0 Å². The molecule has 0 saturated carbocycles. The van der Waals surface area contributed by atoms with Crippen LogP contribution in [0.4, 0.5) is 14.5 Å². The minimum absolute atomic E-state index is 0.0524. The van der Waals surface area contributed by atoms with E-state index < -0.39 is 23.0 Å². The fourth-order valence-electron chi connectivity index (χ4n) is 1.87. The Balaban J connectivity index is 2.24. The van der Waals surface area contributed by atoms with Gasteiger partial charge in [0.05, 0.1) is 11.1 Å². The fourth-order valence-corrected chi connectivity index (χ4v) is 1.99. The molecule has 1 amide bonds. The molecule has 0 atom stereocenters. The van der Waals surface area contributed by atoms with Crippen molar-refractivity contribution in [2.75, 3.05) is 5.32 Å². The predicted octanol–water partition coefficient (Wildman–Crippen LogP) is 4.53. The molecule has 110 valence electrons. The summed E-state index contributed by atoms with van der Waals surface area (Å²) in [6, 6.07) is 9.86. The Labute approximate surface area is 126 Å². The van der Waals surface area contributed by atoms with Crippen molar-refractivity contribution in [3.8, 4) is 0 Å². The Hall–Kier alpha value is -1.94. The van der Waals surface area contributed by atoms with Gasteiger partial charge < -0.3 is 5.32 Å². The number of nitrogens with one attached hydrogen (secondary N) is 1. The monoisotopic (exact) mass is 309 g/mol. The maximum Gasteiger partial charge on any atom is 0.234 e. The van der Waals surface area contributed by atoms with E-state index in [1.54, 1.807) is 38.1 Å². The molecule has 0 spiro atoms. The van der Waals surface area contributed by atoms with Crippen LogP contribution in [-0.4, -0.2) is 5.91 Å². The average Bonchev–Trinajstić information content (AvgIpc) is 2.42. The van der Waals surface area contributed by atoms with Crippen molar-refractivity contribution in [2.45, 2.75) is 19.3 Å². The molecule has 2 aromatic carbocycles. The molecule has 2 aromatic rings. The van der Waals surface area contributed by atoms with Crippen LogP contribution in [0.5, 0.6) is 0 Å². The minimum atomic E-state index is -0.884. The summed E-state index contributed by atoms with van der Waals surface area (Å²) in [7, 11) is 0. The van der Waals surface area contributed by atoms with Crippen LogP contribution in [0.2, 0.25) is 5.02 Å². The first-order valence-electron chi connectivity index (χ1n) is 6.33. The number of amides is 1. The summed E-state index contributed by atoms with van der Waals surface area (Å²) >= 11 is 5.82. The van der Waals surface area contributed by atoms with Gasteiger partial charge in [0.1, 0.15) is 11.6 Å². The standard InChI is InChI=1S/C16H14ClF2NO/c1-16(2,10-3-5-11(17)6-4-10)15(21)20-14-8-7-12(18)9-13(14)19/h3-9H,1-2H3,(H,20,21). The number of halogens is 3. The number of benzene rings is 2. The number of hydrogen-bond donors (Lipinski definition) is 1. The third kappa shape index (κ3) is 3.39. The van der Waals surface area contributed by atoms with Crippen molar-refractivity contribution in [3.05, 3.63) is 64.7 Å². The van der Waals surface area contributed by atoms with Crippen LogP contribution in [0, 0.1) is 11.6 Å². The Morgan fingerprint density at radius 1 is 1.10 bits per heavy atom. The zero-order valence-corrected chi connectivity index (χ0v) is 12.3. The molecule has 0 aliphatic carbocycles. The van der Waals surface area contributed by atoms with Crippen LogP contribution in [-0.2, 0) is 10.2 Å². The van der Waals surface area contributed by atoms with Gasteiger partial charge in [-0.3, -0.25) is 4.79 Å². The van der Waals surface area contributed by atoms with Crippen molar-refractivity contribution in [1.29, 1.82) is 0 Å². The van der Waals surface area contributed by atoms with E-state index in [9.17, 15) is 13.6 Å². The number of carbonyl (C=O) groups is 1. The van der Waals surface area contributed by atoms with E-state index in [1.165, 1.54) is 6.07 Å². The van der Waals surface area contributed by atoms with Crippen LogP contribution in [0.25, 0.3) is 0 Å². The molecule has 0 heterocycles. The van der Waals surface area contributed by atoms with E-state index in [4.69, 9.17) is 11.6 Å². The van der Waals surface area contributed by atoms with Crippen LogP contribution >= 0.6 is 11.6 Å². The van der Waals surface area contributed by atoms with Crippen molar-refractivity contribution in [2.24, 2.45) is 0 Å². The van der Waals surface area contributed by atoms with E-state index in [0.29, 0.717) is 5.02 Å². The van der Waals surface area contributed by atoms with E-state index in [2.05, 4.69) is 5.32 Å². The summed E-state index contributed by atoms with van der Waals surface area (Å²) in [5.41, 5.74) is -0.193. The van der Waals surface area contributed by atoms with E-state index in [-0.39, 0.29) is 5.69 Å². The number of hydrogen-bond acceptors (Lipinski definition) is 1. The highest BCUT2D eigenvalue weighted by atomic mass is 35.5. The highest BCUT2D eigenvalue weighted by Gasteiger charge is 2.30. The van der Waals surface area contributed by atoms with Gasteiger partial charge in [-0.25, -0.2) is 8.78 Å². The summed E-state index contributed by atoms with van der Waals surface area (Å²) < 4.78 is 26.4. The summed E-state index contributed by atoms with van der Waals surface area (Å²) in [6.07, 6.45) is 0. The third-order valence-electron chi connectivity index (χ3n) is 3.31. The summed E-state index contributed by atoms with van der Waals surface area (Å²) in [6.45, 7) is 3.43. The average molecular weight is 310 g/mol. The highest BCUT2D eigenvalue weighted by Crippen LogP contribution is 2.27. The minimum Gasteiger partial charge on any atom is -0.323 e. The molecule has 21 heavy (non-hydrogen) atoms. The zero-order chi connectivity index (χ0) is 15.6. The SMILES string of the molecule is CC(C)(C(=O)Nc1ccc(F)cc1F)c1ccc(Cl)cc1.